The van der Waals surface area contributed by atoms with Gasteiger partial charge >= 0.3 is 0 Å². The molecule has 1 fully saturated rings. The Morgan fingerprint density at radius 2 is 1.83 bits per heavy atom. The summed E-state index contributed by atoms with van der Waals surface area (Å²) in [7, 11) is 0. The predicted molar refractivity (Wildman–Crippen MR) is 66.2 cm³/mol. The number of ether oxygens (including phenoxy) is 3. The quantitative estimate of drug-likeness (QED) is 0.879. The van der Waals surface area contributed by atoms with Crippen LogP contribution in [-0.4, -0.2) is 38.1 Å². The van der Waals surface area contributed by atoms with E-state index in [1.165, 1.54) is 11.1 Å². The van der Waals surface area contributed by atoms with Gasteiger partial charge in [-0.05, 0) is 36.6 Å². The summed E-state index contributed by atoms with van der Waals surface area (Å²) in [5.41, 5.74) is 2.28. The zero-order chi connectivity index (χ0) is 12.6. The second-order valence-corrected chi connectivity index (χ2v) is 5.25. The molecule has 0 saturated carbocycles. The highest BCUT2D eigenvalue weighted by Gasteiger charge is 2.38. The van der Waals surface area contributed by atoms with Crippen molar-refractivity contribution in [2.75, 3.05) is 33.0 Å². The molecule has 98 valence electrons. The highest BCUT2D eigenvalue weighted by molar-refractivity contribution is 5.48. The Bertz CT molecular complexity index is 446. The summed E-state index contributed by atoms with van der Waals surface area (Å²) in [6, 6.07) is 4.06. The van der Waals surface area contributed by atoms with Gasteiger partial charge in [0.05, 0.1) is 19.8 Å². The second kappa shape index (κ2) is 4.44. The first-order valence-electron chi connectivity index (χ1n) is 6.30. The SMILES string of the molecule is Cc1cc2c(cc1CC1(CO)COC1)OCCO2. The third-order valence-electron chi connectivity index (χ3n) is 3.72. The Balaban J connectivity index is 1.87. The number of benzene rings is 1. The molecule has 0 spiro atoms. The van der Waals surface area contributed by atoms with E-state index in [0.29, 0.717) is 26.4 Å². The van der Waals surface area contributed by atoms with Crippen LogP contribution in [0.4, 0.5) is 0 Å². The molecule has 3 rings (SSSR count). The van der Waals surface area contributed by atoms with E-state index in [1.54, 1.807) is 0 Å². The zero-order valence-electron chi connectivity index (χ0n) is 10.6. The fourth-order valence-electron chi connectivity index (χ4n) is 2.47. The lowest BCUT2D eigenvalue weighted by atomic mass is 9.79. The molecule has 0 bridgehead atoms. The van der Waals surface area contributed by atoms with Gasteiger partial charge in [0.25, 0.3) is 0 Å². The smallest absolute Gasteiger partial charge is 0.161 e. The minimum Gasteiger partial charge on any atom is -0.486 e. The number of aliphatic hydroxyl groups excluding tert-OH is 1. The third kappa shape index (κ3) is 1.95. The molecule has 1 saturated heterocycles. The third-order valence-corrected chi connectivity index (χ3v) is 3.72. The molecular weight excluding hydrogens is 232 g/mol. The maximum absolute atomic E-state index is 9.49. The predicted octanol–water partition coefficient (Wildman–Crippen LogP) is 1.32. The summed E-state index contributed by atoms with van der Waals surface area (Å²) in [4.78, 5) is 0. The van der Waals surface area contributed by atoms with Gasteiger partial charge in [0, 0.05) is 5.41 Å². The number of rotatable bonds is 3. The van der Waals surface area contributed by atoms with Crippen molar-refractivity contribution in [3.63, 3.8) is 0 Å². The van der Waals surface area contributed by atoms with Crippen LogP contribution in [-0.2, 0) is 11.2 Å². The molecule has 4 nitrogen and oxygen atoms in total. The molecule has 2 aliphatic rings. The molecule has 18 heavy (non-hydrogen) atoms. The van der Waals surface area contributed by atoms with Crippen molar-refractivity contribution >= 4 is 0 Å². The van der Waals surface area contributed by atoms with E-state index in [9.17, 15) is 5.11 Å². The Morgan fingerprint density at radius 1 is 1.17 bits per heavy atom. The van der Waals surface area contributed by atoms with Gasteiger partial charge < -0.3 is 19.3 Å². The Morgan fingerprint density at radius 3 is 2.39 bits per heavy atom. The average Bonchev–Trinajstić information content (AvgIpc) is 2.34. The monoisotopic (exact) mass is 250 g/mol. The zero-order valence-corrected chi connectivity index (χ0v) is 10.6. The number of aryl methyl sites for hydroxylation is 1. The van der Waals surface area contributed by atoms with Crippen molar-refractivity contribution in [1.82, 2.24) is 0 Å². The van der Waals surface area contributed by atoms with Crippen molar-refractivity contribution in [2.24, 2.45) is 5.41 Å². The fraction of sp³-hybridized carbons (Fsp3) is 0.571. The van der Waals surface area contributed by atoms with E-state index < -0.39 is 0 Å². The molecule has 4 heteroatoms. The van der Waals surface area contributed by atoms with Crippen molar-refractivity contribution in [3.8, 4) is 11.5 Å². The van der Waals surface area contributed by atoms with Crippen molar-refractivity contribution < 1.29 is 19.3 Å². The van der Waals surface area contributed by atoms with Gasteiger partial charge in [-0.25, -0.2) is 0 Å². The molecule has 0 aromatic heterocycles. The summed E-state index contributed by atoms with van der Waals surface area (Å²) in [5.74, 6) is 1.64. The molecule has 2 aliphatic heterocycles. The van der Waals surface area contributed by atoms with Crippen LogP contribution in [0.25, 0.3) is 0 Å². The van der Waals surface area contributed by atoms with Crippen LogP contribution < -0.4 is 9.47 Å². The van der Waals surface area contributed by atoms with Gasteiger partial charge in [-0.1, -0.05) is 0 Å². The topological polar surface area (TPSA) is 47.9 Å². The molecule has 1 aromatic carbocycles. The molecule has 1 N–H and O–H groups in total. The molecular formula is C14H18O4. The number of hydrogen-bond acceptors (Lipinski definition) is 4. The highest BCUT2D eigenvalue weighted by Crippen LogP contribution is 2.37. The van der Waals surface area contributed by atoms with E-state index >= 15 is 0 Å². The van der Waals surface area contributed by atoms with Crippen LogP contribution in [0.3, 0.4) is 0 Å². The van der Waals surface area contributed by atoms with Crippen molar-refractivity contribution in [2.45, 2.75) is 13.3 Å². The van der Waals surface area contributed by atoms with Crippen LogP contribution in [0.5, 0.6) is 11.5 Å². The van der Waals surface area contributed by atoms with E-state index in [4.69, 9.17) is 14.2 Å². The number of fused-ring (bicyclic) bond motifs is 1. The Kier molecular flexibility index (Phi) is 2.92. The van der Waals surface area contributed by atoms with Gasteiger partial charge in [-0.2, -0.15) is 0 Å². The van der Waals surface area contributed by atoms with Gasteiger partial charge in [0.15, 0.2) is 11.5 Å². The van der Waals surface area contributed by atoms with Gasteiger partial charge in [-0.15, -0.1) is 0 Å². The van der Waals surface area contributed by atoms with E-state index in [1.807, 2.05) is 12.1 Å². The lowest BCUT2D eigenvalue weighted by molar-refractivity contribution is -0.136. The largest absolute Gasteiger partial charge is 0.486 e. The molecule has 0 radical (unpaired) electrons. The minimum absolute atomic E-state index is 0.103. The van der Waals surface area contributed by atoms with Crippen molar-refractivity contribution in [1.29, 1.82) is 0 Å². The maximum atomic E-state index is 9.49. The standard InChI is InChI=1S/C14H18O4/c1-10-4-12-13(18-3-2-17-12)5-11(10)6-14(7-15)8-16-9-14/h4-5,15H,2-3,6-9H2,1H3. The van der Waals surface area contributed by atoms with Crippen LogP contribution in [0.2, 0.25) is 0 Å². The first kappa shape index (κ1) is 11.8. The van der Waals surface area contributed by atoms with E-state index in [2.05, 4.69) is 6.92 Å². The van der Waals surface area contributed by atoms with E-state index in [0.717, 1.165) is 17.9 Å². The first-order chi connectivity index (χ1) is 8.72. The second-order valence-electron chi connectivity index (χ2n) is 5.25. The minimum atomic E-state index is -0.103. The fourth-order valence-corrected chi connectivity index (χ4v) is 2.47. The van der Waals surface area contributed by atoms with Crippen LogP contribution in [0, 0.1) is 12.3 Å². The molecule has 2 heterocycles. The summed E-state index contributed by atoms with van der Waals surface area (Å²) in [6.07, 6.45) is 0.825. The van der Waals surface area contributed by atoms with Gasteiger partial charge in [0.2, 0.25) is 0 Å². The lowest BCUT2D eigenvalue weighted by Gasteiger charge is -2.40. The summed E-state index contributed by atoms with van der Waals surface area (Å²) >= 11 is 0. The summed E-state index contributed by atoms with van der Waals surface area (Å²) in [5, 5.41) is 9.49. The average molecular weight is 250 g/mol. The highest BCUT2D eigenvalue weighted by atomic mass is 16.6. The molecule has 0 unspecified atom stereocenters. The normalized spacial score (nSPS) is 20.3. The van der Waals surface area contributed by atoms with Crippen LogP contribution in [0.15, 0.2) is 12.1 Å². The van der Waals surface area contributed by atoms with Gasteiger partial charge in [-0.3, -0.25) is 0 Å². The summed E-state index contributed by atoms with van der Waals surface area (Å²) < 4.78 is 16.4. The van der Waals surface area contributed by atoms with E-state index in [-0.39, 0.29) is 12.0 Å². The Labute approximate surface area is 106 Å². The van der Waals surface area contributed by atoms with Crippen LogP contribution in [0.1, 0.15) is 11.1 Å². The molecule has 1 aromatic rings. The van der Waals surface area contributed by atoms with Gasteiger partial charge in [0.1, 0.15) is 13.2 Å². The van der Waals surface area contributed by atoms with Crippen LogP contribution >= 0.6 is 0 Å². The molecule has 0 atom stereocenters. The lowest BCUT2D eigenvalue weighted by Crippen LogP contribution is -2.47. The summed E-state index contributed by atoms with van der Waals surface area (Å²) in [6.45, 7) is 4.72. The molecule has 0 amide bonds. The van der Waals surface area contributed by atoms with Crippen molar-refractivity contribution in [3.05, 3.63) is 23.3 Å². The first-order valence-corrected chi connectivity index (χ1v) is 6.30. The Hall–Kier alpha value is -1.26. The number of hydrogen-bond donors (Lipinski definition) is 1. The maximum Gasteiger partial charge on any atom is 0.161 e. The molecule has 0 aliphatic carbocycles. The number of aliphatic hydroxyl groups is 1.